The molecule has 1 aliphatic rings. The van der Waals surface area contributed by atoms with Crippen LogP contribution in [0.1, 0.15) is 27.2 Å². The van der Waals surface area contributed by atoms with Crippen LogP contribution in [-0.4, -0.2) is 47.2 Å². The first-order chi connectivity index (χ1) is 10.9. The Hall–Kier alpha value is -2.17. The van der Waals surface area contributed by atoms with Crippen molar-refractivity contribution in [3.63, 3.8) is 0 Å². The molecule has 0 radical (unpaired) electrons. The summed E-state index contributed by atoms with van der Waals surface area (Å²) in [5, 5.41) is 10.7. The quantitative estimate of drug-likeness (QED) is 0.855. The van der Waals surface area contributed by atoms with Gasteiger partial charge in [0.05, 0.1) is 6.20 Å². The highest BCUT2D eigenvalue weighted by molar-refractivity contribution is 5.91. The summed E-state index contributed by atoms with van der Waals surface area (Å²) < 4.78 is 0. The molecule has 1 saturated heterocycles. The number of carbonyl (C=O) groups excluding carboxylic acids is 1. The topological polar surface area (TPSA) is 49.3 Å². The standard InChI is InChI=1S/C18H24N4O/c1-18(2,3)12-16(23)21-8-10-22(11-9-21)17-15-7-5-4-6-14(15)13-19-20-17/h4-7,13H,8-12H2,1-3H3. The van der Waals surface area contributed by atoms with Crippen molar-refractivity contribution in [1.82, 2.24) is 15.1 Å². The molecule has 5 nitrogen and oxygen atoms in total. The SMILES string of the molecule is CC(C)(C)CC(=O)N1CCN(c2nncc3ccccc23)CC1. The van der Waals surface area contributed by atoms with E-state index in [1.54, 1.807) is 6.20 Å². The molecule has 0 unspecified atom stereocenters. The normalized spacial score (nSPS) is 16.0. The molecule has 1 aromatic heterocycles. The van der Waals surface area contributed by atoms with E-state index in [-0.39, 0.29) is 11.3 Å². The molecule has 2 heterocycles. The van der Waals surface area contributed by atoms with E-state index >= 15 is 0 Å². The molecule has 0 saturated carbocycles. The van der Waals surface area contributed by atoms with Crippen LogP contribution in [0.3, 0.4) is 0 Å². The van der Waals surface area contributed by atoms with E-state index in [0.717, 1.165) is 42.8 Å². The molecule has 0 atom stereocenters. The summed E-state index contributed by atoms with van der Waals surface area (Å²) in [5.41, 5.74) is 0.0370. The second-order valence-corrected chi connectivity index (χ2v) is 7.36. The molecule has 1 fully saturated rings. The van der Waals surface area contributed by atoms with Crippen molar-refractivity contribution in [2.75, 3.05) is 31.1 Å². The maximum Gasteiger partial charge on any atom is 0.223 e. The van der Waals surface area contributed by atoms with Crippen LogP contribution in [0, 0.1) is 5.41 Å². The minimum atomic E-state index is 0.0370. The van der Waals surface area contributed by atoms with E-state index in [1.807, 2.05) is 17.0 Å². The number of amides is 1. The lowest BCUT2D eigenvalue weighted by atomic mass is 9.91. The van der Waals surface area contributed by atoms with Gasteiger partial charge in [0.1, 0.15) is 0 Å². The van der Waals surface area contributed by atoms with Crippen LogP contribution in [0.4, 0.5) is 5.82 Å². The average molecular weight is 312 g/mol. The number of aromatic nitrogens is 2. The largest absolute Gasteiger partial charge is 0.351 e. The van der Waals surface area contributed by atoms with E-state index in [1.165, 1.54) is 0 Å². The van der Waals surface area contributed by atoms with Crippen LogP contribution in [0.15, 0.2) is 30.5 Å². The molecule has 2 aromatic rings. The van der Waals surface area contributed by atoms with Crippen molar-refractivity contribution in [3.8, 4) is 0 Å². The van der Waals surface area contributed by atoms with Crippen molar-refractivity contribution in [2.24, 2.45) is 5.41 Å². The Bertz CT molecular complexity index is 694. The van der Waals surface area contributed by atoms with Crippen molar-refractivity contribution in [1.29, 1.82) is 0 Å². The number of fused-ring (bicyclic) bond motifs is 1. The summed E-state index contributed by atoms with van der Waals surface area (Å²) >= 11 is 0. The van der Waals surface area contributed by atoms with Gasteiger partial charge < -0.3 is 9.80 Å². The summed E-state index contributed by atoms with van der Waals surface area (Å²) in [6.07, 6.45) is 2.39. The molecule has 0 N–H and O–H groups in total. The Kier molecular flexibility index (Phi) is 4.20. The molecular weight excluding hydrogens is 288 g/mol. The maximum atomic E-state index is 12.3. The zero-order valence-electron chi connectivity index (χ0n) is 14.1. The molecule has 1 aromatic carbocycles. The highest BCUT2D eigenvalue weighted by Crippen LogP contribution is 2.25. The van der Waals surface area contributed by atoms with Crippen LogP contribution in [-0.2, 0) is 4.79 Å². The second kappa shape index (κ2) is 6.14. The summed E-state index contributed by atoms with van der Waals surface area (Å²) in [7, 11) is 0. The summed E-state index contributed by atoms with van der Waals surface area (Å²) in [6.45, 7) is 9.42. The van der Waals surface area contributed by atoms with Crippen molar-refractivity contribution < 1.29 is 4.79 Å². The van der Waals surface area contributed by atoms with E-state index in [4.69, 9.17) is 0 Å². The Labute approximate surface area is 137 Å². The van der Waals surface area contributed by atoms with E-state index in [9.17, 15) is 4.79 Å². The molecule has 1 amide bonds. The van der Waals surface area contributed by atoms with Crippen LogP contribution < -0.4 is 4.90 Å². The average Bonchev–Trinajstić information content (AvgIpc) is 2.53. The molecule has 23 heavy (non-hydrogen) atoms. The van der Waals surface area contributed by atoms with Gasteiger partial charge in [-0.15, -0.1) is 5.10 Å². The number of anilines is 1. The predicted molar refractivity (Wildman–Crippen MR) is 92.4 cm³/mol. The van der Waals surface area contributed by atoms with Gasteiger partial charge in [-0.25, -0.2) is 0 Å². The number of hydrogen-bond donors (Lipinski definition) is 0. The van der Waals surface area contributed by atoms with Crippen LogP contribution in [0.2, 0.25) is 0 Å². The zero-order valence-corrected chi connectivity index (χ0v) is 14.1. The lowest BCUT2D eigenvalue weighted by Gasteiger charge is -2.36. The fraction of sp³-hybridized carbons (Fsp3) is 0.500. The van der Waals surface area contributed by atoms with Crippen LogP contribution in [0.25, 0.3) is 10.8 Å². The highest BCUT2D eigenvalue weighted by Gasteiger charge is 2.26. The molecule has 122 valence electrons. The van der Waals surface area contributed by atoms with Crippen molar-refractivity contribution in [2.45, 2.75) is 27.2 Å². The van der Waals surface area contributed by atoms with Gasteiger partial charge in [0.2, 0.25) is 5.91 Å². The lowest BCUT2D eigenvalue weighted by Crippen LogP contribution is -2.49. The summed E-state index contributed by atoms with van der Waals surface area (Å²) in [6, 6.07) is 8.17. The minimum absolute atomic E-state index is 0.0370. The number of hydrogen-bond acceptors (Lipinski definition) is 4. The number of carbonyl (C=O) groups is 1. The molecule has 0 spiro atoms. The fourth-order valence-electron chi connectivity index (χ4n) is 2.98. The van der Waals surface area contributed by atoms with Crippen LogP contribution in [0.5, 0.6) is 0 Å². The minimum Gasteiger partial charge on any atom is -0.351 e. The number of benzene rings is 1. The predicted octanol–water partition coefficient (Wildman–Crippen LogP) is 2.71. The Morgan fingerprint density at radius 2 is 1.83 bits per heavy atom. The number of nitrogens with zero attached hydrogens (tertiary/aromatic N) is 4. The van der Waals surface area contributed by atoms with Gasteiger partial charge in [0.25, 0.3) is 0 Å². The molecule has 3 rings (SSSR count). The smallest absolute Gasteiger partial charge is 0.223 e. The zero-order chi connectivity index (χ0) is 16.4. The fourth-order valence-corrected chi connectivity index (χ4v) is 2.98. The number of piperazine rings is 1. The molecule has 1 aliphatic heterocycles. The summed E-state index contributed by atoms with van der Waals surface area (Å²) in [5.74, 6) is 1.17. The molecule has 0 aliphatic carbocycles. The van der Waals surface area contributed by atoms with Gasteiger partial charge >= 0.3 is 0 Å². The first kappa shape index (κ1) is 15.7. The summed E-state index contributed by atoms with van der Waals surface area (Å²) in [4.78, 5) is 16.6. The van der Waals surface area contributed by atoms with Gasteiger partial charge in [0, 0.05) is 43.4 Å². The third kappa shape index (κ3) is 3.60. The first-order valence-corrected chi connectivity index (χ1v) is 8.17. The third-order valence-corrected chi connectivity index (χ3v) is 4.16. The van der Waals surface area contributed by atoms with Crippen LogP contribution >= 0.6 is 0 Å². The monoisotopic (exact) mass is 312 g/mol. The maximum absolute atomic E-state index is 12.3. The van der Waals surface area contributed by atoms with E-state index in [2.05, 4.69) is 48.0 Å². The Morgan fingerprint density at radius 3 is 2.52 bits per heavy atom. The van der Waals surface area contributed by atoms with Gasteiger partial charge in [0.15, 0.2) is 5.82 Å². The first-order valence-electron chi connectivity index (χ1n) is 8.17. The Balaban J connectivity index is 1.70. The van der Waals surface area contributed by atoms with Gasteiger partial charge in [-0.3, -0.25) is 4.79 Å². The van der Waals surface area contributed by atoms with Crippen molar-refractivity contribution >= 4 is 22.5 Å². The molecule has 5 heteroatoms. The second-order valence-electron chi connectivity index (χ2n) is 7.36. The third-order valence-electron chi connectivity index (χ3n) is 4.16. The van der Waals surface area contributed by atoms with Gasteiger partial charge in [-0.1, -0.05) is 45.0 Å². The van der Waals surface area contributed by atoms with E-state index in [0.29, 0.717) is 6.42 Å². The van der Waals surface area contributed by atoms with Gasteiger partial charge in [-0.2, -0.15) is 5.10 Å². The van der Waals surface area contributed by atoms with Crippen molar-refractivity contribution in [3.05, 3.63) is 30.5 Å². The lowest BCUT2D eigenvalue weighted by molar-refractivity contribution is -0.133. The molecule has 0 bridgehead atoms. The number of rotatable bonds is 2. The highest BCUT2D eigenvalue weighted by atomic mass is 16.2. The van der Waals surface area contributed by atoms with Gasteiger partial charge in [-0.05, 0) is 5.41 Å². The Morgan fingerprint density at radius 1 is 1.13 bits per heavy atom. The van der Waals surface area contributed by atoms with E-state index < -0.39 is 0 Å². The molecular formula is C18H24N4O.